The topological polar surface area (TPSA) is 72.7 Å². The van der Waals surface area contributed by atoms with E-state index in [1.165, 1.54) is 17.3 Å². The van der Waals surface area contributed by atoms with Gasteiger partial charge in [-0.2, -0.15) is 4.68 Å². The first kappa shape index (κ1) is 17.2. The number of benzene rings is 2. The van der Waals surface area contributed by atoms with Crippen LogP contribution in [0.15, 0.2) is 53.7 Å². The maximum Gasteiger partial charge on any atom is 0.224 e. The van der Waals surface area contributed by atoms with Gasteiger partial charge in [0.05, 0.1) is 5.69 Å². The Labute approximate surface area is 150 Å². The zero-order valence-corrected chi connectivity index (χ0v) is 15.0. The second-order valence-corrected chi connectivity index (χ2v) is 6.43. The molecule has 1 amide bonds. The second-order valence-electron chi connectivity index (χ2n) is 5.66. The Morgan fingerprint density at radius 3 is 2.76 bits per heavy atom. The Morgan fingerprint density at radius 2 is 2.00 bits per heavy atom. The minimum absolute atomic E-state index is 0.0143. The summed E-state index contributed by atoms with van der Waals surface area (Å²) in [6.07, 6.45) is 3.07. The van der Waals surface area contributed by atoms with E-state index in [1.54, 1.807) is 4.68 Å². The molecule has 0 aliphatic carbocycles. The lowest BCUT2D eigenvalue weighted by Crippen LogP contribution is -2.12. The number of carbonyl (C=O) groups is 1. The molecule has 3 aromatic rings. The molecule has 0 saturated heterocycles. The lowest BCUT2D eigenvalue weighted by molar-refractivity contribution is -0.116. The van der Waals surface area contributed by atoms with Crippen LogP contribution in [0.4, 0.5) is 5.69 Å². The van der Waals surface area contributed by atoms with Gasteiger partial charge in [-0.3, -0.25) is 4.79 Å². The van der Waals surface area contributed by atoms with E-state index >= 15 is 0 Å². The van der Waals surface area contributed by atoms with Gasteiger partial charge >= 0.3 is 0 Å². The fourth-order valence-corrected chi connectivity index (χ4v) is 2.85. The Hall–Kier alpha value is -2.67. The molecule has 0 unspecified atom stereocenters. The third kappa shape index (κ3) is 4.45. The molecule has 3 rings (SSSR count). The Morgan fingerprint density at radius 1 is 1.20 bits per heavy atom. The molecule has 128 valence electrons. The van der Waals surface area contributed by atoms with Gasteiger partial charge in [-0.15, -0.1) is 5.10 Å². The van der Waals surface area contributed by atoms with Crippen LogP contribution >= 0.6 is 11.8 Å². The summed E-state index contributed by atoms with van der Waals surface area (Å²) in [5.41, 5.74) is 3.92. The number of aromatic nitrogens is 4. The van der Waals surface area contributed by atoms with Crippen LogP contribution in [0.25, 0.3) is 5.69 Å². The van der Waals surface area contributed by atoms with Crippen molar-refractivity contribution >= 4 is 23.4 Å². The van der Waals surface area contributed by atoms with Gasteiger partial charge in [0.1, 0.15) is 0 Å². The number of anilines is 1. The molecule has 0 aliphatic heterocycles. The summed E-state index contributed by atoms with van der Waals surface area (Å²) in [5.74, 6) is -0.0143. The molecule has 0 saturated carbocycles. The monoisotopic (exact) mass is 353 g/mol. The van der Waals surface area contributed by atoms with Gasteiger partial charge in [0.25, 0.3) is 0 Å². The normalized spacial score (nSPS) is 10.6. The maximum absolute atomic E-state index is 12.2. The molecule has 25 heavy (non-hydrogen) atoms. The van der Waals surface area contributed by atoms with Crippen molar-refractivity contribution in [2.45, 2.75) is 24.9 Å². The Kier molecular flexibility index (Phi) is 5.45. The van der Waals surface area contributed by atoms with E-state index in [4.69, 9.17) is 0 Å². The highest BCUT2D eigenvalue weighted by atomic mass is 32.2. The number of carbonyl (C=O) groups excluding carboxylic acids is 1. The Balaban J connectivity index is 1.63. The minimum atomic E-state index is -0.0143. The first-order chi connectivity index (χ1) is 12.2. The fourth-order valence-electron chi connectivity index (χ4n) is 2.42. The highest BCUT2D eigenvalue weighted by Gasteiger charge is 2.09. The molecule has 6 nitrogen and oxygen atoms in total. The van der Waals surface area contributed by atoms with Gasteiger partial charge < -0.3 is 5.32 Å². The number of thioether (sulfide) groups is 1. The summed E-state index contributed by atoms with van der Waals surface area (Å²) < 4.78 is 1.65. The largest absolute Gasteiger partial charge is 0.326 e. The molecular formula is C18H19N5OS. The molecule has 1 aromatic heterocycles. The average Bonchev–Trinajstić information content (AvgIpc) is 3.10. The summed E-state index contributed by atoms with van der Waals surface area (Å²) in [4.78, 5) is 12.2. The van der Waals surface area contributed by atoms with Crippen molar-refractivity contribution in [3.05, 3.63) is 59.7 Å². The predicted octanol–water partition coefficient (Wildman–Crippen LogP) is 3.26. The van der Waals surface area contributed by atoms with Gasteiger partial charge in [0.2, 0.25) is 11.1 Å². The first-order valence-electron chi connectivity index (χ1n) is 7.94. The first-order valence-corrected chi connectivity index (χ1v) is 9.16. The molecule has 0 fully saturated rings. The number of aryl methyl sites for hydroxylation is 2. The molecule has 0 aliphatic rings. The number of amides is 1. The van der Waals surface area contributed by atoms with Crippen molar-refractivity contribution < 1.29 is 4.79 Å². The molecule has 0 atom stereocenters. The molecule has 1 N–H and O–H groups in total. The number of tetrazole rings is 1. The summed E-state index contributed by atoms with van der Waals surface area (Å²) in [5, 5.41) is 15.2. The number of nitrogens with one attached hydrogen (secondary N) is 1. The molecule has 7 heteroatoms. The highest BCUT2D eigenvalue weighted by molar-refractivity contribution is 7.98. The summed E-state index contributed by atoms with van der Waals surface area (Å²) in [6.45, 7) is 2.05. The fraction of sp³-hybridized carbons (Fsp3) is 0.222. The second kappa shape index (κ2) is 7.94. The average molecular weight is 353 g/mol. The van der Waals surface area contributed by atoms with Gasteiger partial charge in [-0.05, 0) is 53.8 Å². The summed E-state index contributed by atoms with van der Waals surface area (Å²) >= 11 is 1.46. The van der Waals surface area contributed by atoms with Gasteiger partial charge in [0, 0.05) is 12.1 Å². The van der Waals surface area contributed by atoms with E-state index in [0.29, 0.717) is 11.6 Å². The van der Waals surface area contributed by atoms with Crippen LogP contribution in [-0.4, -0.2) is 32.4 Å². The molecule has 2 aromatic carbocycles. The van der Waals surface area contributed by atoms with Crippen LogP contribution in [-0.2, 0) is 11.2 Å². The van der Waals surface area contributed by atoms with Crippen molar-refractivity contribution in [3.63, 3.8) is 0 Å². The van der Waals surface area contributed by atoms with Gasteiger partial charge in [-0.25, -0.2) is 0 Å². The van der Waals surface area contributed by atoms with Crippen molar-refractivity contribution in [2.75, 3.05) is 11.6 Å². The zero-order valence-electron chi connectivity index (χ0n) is 14.1. The van der Waals surface area contributed by atoms with Crippen molar-refractivity contribution in [1.82, 2.24) is 20.2 Å². The molecule has 0 bridgehead atoms. The predicted molar refractivity (Wildman–Crippen MR) is 99.1 cm³/mol. The highest BCUT2D eigenvalue weighted by Crippen LogP contribution is 2.19. The van der Waals surface area contributed by atoms with Crippen LogP contribution in [0.5, 0.6) is 0 Å². The van der Waals surface area contributed by atoms with Crippen LogP contribution < -0.4 is 5.32 Å². The van der Waals surface area contributed by atoms with Gasteiger partial charge in [0.15, 0.2) is 0 Å². The van der Waals surface area contributed by atoms with Crippen molar-refractivity contribution in [1.29, 1.82) is 0 Å². The van der Waals surface area contributed by atoms with Crippen molar-refractivity contribution in [2.24, 2.45) is 0 Å². The number of rotatable bonds is 6. The summed E-state index contributed by atoms with van der Waals surface area (Å²) in [6, 6.07) is 15.7. The van der Waals surface area contributed by atoms with E-state index in [9.17, 15) is 4.79 Å². The van der Waals surface area contributed by atoms with Crippen LogP contribution in [0.2, 0.25) is 0 Å². The standard InChI is InChI=1S/C18H19N5OS/c1-13-6-8-14(9-7-13)10-11-17(24)19-15-4-3-5-16(12-15)23-18(25-2)20-21-22-23/h3-9,12H,10-11H2,1-2H3,(H,19,24). The Bertz CT molecular complexity index is 860. The number of nitrogens with zero attached hydrogens (tertiary/aromatic N) is 4. The zero-order chi connectivity index (χ0) is 17.6. The van der Waals surface area contributed by atoms with Crippen LogP contribution in [0, 0.1) is 6.92 Å². The quantitative estimate of drug-likeness (QED) is 0.689. The molecule has 1 heterocycles. The van der Waals surface area contributed by atoms with E-state index in [1.807, 2.05) is 30.5 Å². The van der Waals surface area contributed by atoms with Crippen LogP contribution in [0.1, 0.15) is 17.5 Å². The molecule has 0 spiro atoms. The van der Waals surface area contributed by atoms with Crippen LogP contribution in [0.3, 0.4) is 0 Å². The third-order valence-electron chi connectivity index (χ3n) is 3.76. The molecular weight excluding hydrogens is 334 g/mol. The lowest BCUT2D eigenvalue weighted by Gasteiger charge is -2.08. The number of hydrogen-bond donors (Lipinski definition) is 1. The minimum Gasteiger partial charge on any atom is -0.326 e. The third-order valence-corrected chi connectivity index (χ3v) is 4.38. The SMILES string of the molecule is CSc1nnnn1-c1cccc(NC(=O)CCc2ccc(C)cc2)c1. The van der Waals surface area contributed by atoms with E-state index < -0.39 is 0 Å². The smallest absolute Gasteiger partial charge is 0.224 e. The van der Waals surface area contributed by atoms with E-state index in [0.717, 1.165) is 23.4 Å². The maximum atomic E-state index is 12.2. The lowest BCUT2D eigenvalue weighted by atomic mass is 10.1. The van der Waals surface area contributed by atoms with Crippen molar-refractivity contribution in [3.8, 4) is 5.69 Å². The number of hydrogen-bond acceptors (Lipinski definition) is 5. The molecule has 0 radical (unpaired) electrons. The van der Waals surface area contributed by atoms with Gasteiger partial charge in [-0.1, -0.05) is 47.7 Å². The van der Waals surface area contributed by atoms with E-state index in [-0.39, 0.29) is 5.91 Å². The van der Waals surface area contributed by atoms with E-state index in [2.05, 4.69) is 52.0 Å². The summed E-state index contributed by atoms with van der Waals surface area (Å²) in [7, 11) is 0.